The van der Waals surface area contributed by atoms with E-state index in [-0.39, 0.29) is 0 Å². The fourth-order valence-corrected chi connectivity index (χ4v) is 2.34. The smallest absolute Gasteiger partial charge is 0.119 e. The molecule has 0 fully saturated rings. The van der Waals surface area contributed by atoms with E-state index in [1.807, 2.05) is 54.6 Å². The third-order valence-corrected chi connectivity index (χ3v) is 3.54. The average Bonchev–Trinajstić information content (AvgIpc) is 2.88. The first-order valence-electron chi connectivity index (χ1n) is 6.35. The molecule has 0 saturated heterocycles. The lowest BCUT2D eigenvalue weighted by Crippen LogP contribution is -1.80. The molecule has 1 aromatic heterocycles. The van der Waals surface area contributed by atoms with Crippen LogP contribution >= 0.6 is 11.6 Å². The zero-order valence-corrected chi connectivity index (χ0v) is 11.8. The zero-order chi connectivity index (χ0) is 13.9. The van der Waals surface area contributed by atoms with Crippen LogP contribution in [0.15, 0.2) is 48.5 Å². The molecule has 0 aliphatic carbocycles. The lowest BCUT2D eigenvalue weighted by atomic mass is 10.2. The van der Waals surface area contributed by atoms with Crippen molar-refractivity contribution in [3.05, 3.63) is 64.8 Å². The first-order valence-corrected chi connectivity index (χ1v) is 6.73. The first-order chi connectivity index (χ1) is 9.76. The Balaban J connectivity index is 1.93. The minimum absolute atomic E-state index is 0.751. The fourth-order valence-electron chi connectivity index (χ4n) is 2.14. The molecule has 0 spiro atoms. The average molecular weight is 284 g/mol. The molecule has 0 atom stereocenters. The minimum atomic E-state index is 0.751. The number of fused-ring (bicyclic) bond motifs is 1. The maximum Gasteiger partial charge on any atom is 0.119 e. The Morgan fingerprint density at radius 3 is 2.70 bits per heavy atom. The Labute approximate surface area is 122 Å². The van der Waals surface area contributed by atoms with Crippen LogP contribution < -0.4 is 4.74 Å². The van der Waals surface area contributed by atoms with Gasteiger partial charge in [-0.25, -0.2) is 0 Å². The second-order valence-corrected chi connectivity index (χ2v) is 4.94. The number of methoxy groups -OCH3 is 1. The van der Waals surface area contributed by atoms with Gasteiger partial charge in [-0.3, -0.25) is 0 Å². The van der Waals surface area contributed by atoms with E-state index in [1.54, 1.807) is 7.11 Å². The summed E-state index contributed by atoms with van der Waals surface area (Å²) in [6.07, 6.45) is 4.03. The molecule has 2 aromatic carbocycles. The van der Waals surface area contributed by atoms with E-state index in [0.29, 0.717) is 0 Å². The molecule has 3 rings (SSSR count). The Hall–Kier alpha value is -2.19. The van der Waals surface area contributed by atoms with Gasteiger partial charge in [0, 0.05) is 21.6 Å². The molecule has 3 heteroatoms. The molecule has 0 bridgehead atoms. The lowest BCUT2D eigenvalue weighted by molar-refractivity contribution is 0.415. The molecule has 3 aromatic rings. The summed E-state index contributed by atoms with van der Waals surface area (Å²) < 4.78 is 5.23. The topological polar surface area (TPSA) is 25.0 Å². The van der Waals surface area contributed by atoms with Crippen molar-refractivity contribution in [1.29, 1.82) is 0 Å². The number of aromatic amines is 1. The number of H-pyrrole nitrogens is 1. The maximum absolute atomic E-state index is 6.13. The highest BCUT2D eigenvalue weighted by Gasteiger charge is 2.00. The van der Waals surface area contributed by atoms with Gasteiger partial charge in [-0.1, -0.05) is 35.9 Å². The van der Waals surface area contributed by atoms with Crippen LogP contribution in [0.2, 0.25) is 5.02 Å². The van der Waals surface area contributed by atoms with E-state index >= 15 is 0 Å². The van der Waals surface area contributed by atoms with Crippen LogP contribution in [0.25, 0.3) is 23.1 Å². The zero-order valence-electron chi connectivity index (χ0n) is 11.1. The molecule has 100 valence electrons. The largest absolute Gasteiger partial charge is 0.497 e. The molecule has 0 aliphatic heterocycles. The number of aromatic nitrogens is 1. The van der Waals surface area contributed by atoms with Crippen LogP contribution in [0.5, 0.6) is 5.75 Å². The number of hydrogen-bond acceptors (Lipinski definition) is 1. The van der Waals surface area contributed by atoms with Crippen LogP contribution in [0.1, 0.15) is 11.3 Å². The standard InChI is InChI=1S/C17H14ClNO/c1-20-15-8-9-17-13(11-15)10-14(19-17)7-6-12-4-2-3-5-16(12)18/h2-11,19H,1H3. The number of hydrogen-bond donors (Lipinski definition) is 1. The van der Waals surface area contributed by atoms with Gasteiger partial charge in [0.1, 0.15) is 5.75 Å². The van der Waals surface area contributed by atoms with Crippen LogP contribution in [0.3, 0.4) is 0 Å². The lowest BCUT2D eigenvalue weighted by Gasteiger charge is -1.97. The normalized spacial score (nSPS) is 11.3. The summed E-state index contributed by atoms with van der Waals surface area (Å²) in [5.41, 5.74) is 3.13. The van der Waals surface area contributed by atoms with Crippen LogP contribution in [0, 0.1) is 0 Å². The summed E-state index contributed by atoms with van der Waals surface area (Å²) in [5, 5.41) is 1.88. The van der Waals surface area contributed by atoms with Gasteiger partial charge in [0.15, 0.2) is 0 Å². The second-order valence-electron chi connectivity index (χ2n) is 4.53. The Kier molecular flexibility index (Phi) is 3.48. The number of rotatable bonds is 3. The van der Waals surface area contributed by atoms with Gasteiger partial charge in [-0.2, -0.15) is 0 Å². The SMILES string of the molecule is COc1ccc2[nH]c(C=Cc3ccccc3Cl)cc2c1. The molecule has 20 heavy (non-hydrogen) atoms. The Bertz CT molecular complexity index is 774. The molecule has 0 unspecified atom stereocenters. The molecule has 0 aliphatic rings. The molecule has 0 saturated carbocycles. The van der Waals surface area contributed by atoms with Gasteiger partial charge in [-0.15, -0.1) is 0 Å². The van der Waals surface area contributed by atoms with E-state index in [2.05, 4.69) is 11.1 Å². The predicted octanol–water partition coefficient (Wildman–Crippen LogP) is 5.00. The summed E-state index contributed by atoms with van der Waals surface area (Å²) in [4.78, 5) is 3.35. The van der Waals surface area contributed by atoms with Crippen molar-refractivity contribution in [2.24, 2.45) is 0 Å². The van der Waals surface area contributed by atoms with Crippen LogP contribution in [0.4, 0.5) is 0 Å². The molecule has 1 heterocycles. The number of halogens is 1. The summed E-state index contributed by atoms with van der Waals surface area (Å²) >= 11 is 6.13. The van der Waals surface area contributed by atoms with Crippen molar-refractivity contribution in [2.75, 3.05) is 7.11 Å². The summed E-state index contributed by atoms with van der Waals surface area (Å²) in [6, 6.07) is 15.8. The predicted molar refractivity (Wildman–Crippen MR) is 85.2 cm³/mol. The van der Waals surface area contributed by atoms with Crippen molar-refractivity contribution in [1.82, 2.24) is 4.98 Å². The van der Waals surface area contributed by atoms with Crippen molar-refractivity contribution in [3.8, 4) is 5.75 Å². The van der Waals surface area contributed by atoms with E-state index in [9.17, 15) is 0 Å². The van der Waals surface area contributed by atoms with Crippen LogP contribution in [-0.4, -0.2) is 12.1 Å². The second kappa shape index (κ2) is 5.43. The minimum Gasteiger partial charge on any atom is -0.497 e. The molecule has 0 radical (unpaired) electrons. The Morgan fingerprint density at radius 1 is 1.05 bits per heavy atom. The fraction of sp³-hybridized carbons (Fsp3) is 0.0588. The first kappa shape index (κ1) is 12.8. The van der Waals surface area contributed by atoms with E-state index in [1.165, 1.54) is 0 Å². The monoisotopic (exact) mass is 283 g/mol. The number of nitrogens with one attached hydrogen (secondary N) is 1. The highest BCUT2D eigenvalue weighted by molar-refractivity contribution is 6.32. The Morgan fingerprint density at radius 2 is 1.90 bits per heavy atom. The number of benzene rings is 2. The van der Waals surface area contributed by atoms with E-state index in [0.717, 1.165) is 32.9 Å². The third-order valence-electron chi connectivity index (χ3n) is 3.20. The van der Waals surface area contributed by atoms with Gasteiger partial charge in [0.25, 0.3) is 0 Å². The van der Waals surface area contributed by atoms with Crippen molar-refractivity contribution < 1.29 is 4.74 Å². The van der Waals surface area contributed by atoms with E-state index < -0.39 is 0 Å². The molecule has 1 N–H and O–H groups in total. The van der Waals surface area contributed by atoms with Crippen molar-refractivity contribution >= 4 is 34.7 Å². The third kappa shape index (κ3) is 2.56. The van der Waals surface area contributed by atoms with Gasteiger partial charge in [0.2, 0.25) is 0 Å². The summed E-state index contributed by atoms with van der Waals surface area (Å²) in [5.74, 6) is 0.859. The highest BCUT2D eigenvalue weighted by atomic mass is 35.5. The molecular formula is C17H14ClNO. The summed E-state index contributed by atoms with van der Waals surface area (Å²) in [7, 11) is 1.67. The maximum atomic E-state index is 6.13. The van der Waals surface area contributed by atoms with Gasteiger partial charge < -0.3 is 9.72 Å². The van der Waals surface area contributed by atoms with Crippen LogP contribution in [-0.2, 0) is 0 Å². The quantitative estimate of drug-likeness (QED) is 0.719. The van der Waals surface area contributed by atoms with Gasteiger partial charge >= 0.3 is 0 Å². The molecule has 0 amide bonds. The van der Waals surface area contributed by atoms with Crippen molar-refractivity contribution in [3.63, 3.8) is 0 Å². The van der Waals surface area contributed by atoms with Gasteiger partial charge in [0.05, 0.1) is 7.11 Å². The molecular weight excluding hydrogens is 270 g/mol. The van der Waals surface area contributed by atoms with Crippen molar-refractivity contribution in [2.45, 2.75) is 0 Å². The molecule has 2 nitrogen and oxygen atoms in total. The highest BCUT2D eigenvalue weighted by Crippen LogP contribution is 2.23. The number of ether oxygens (including phenoxy) is 1. The summed E-state index contributed by atoms with van der Waals surface area (Å²) in [6.45, 7) is 0. The van der Waals surface area contributed by atoms with E-state index in [4.69, 9.17) is 16.3 Å². The van der Waals surface area contributed by atoms with Gasteiger partial charge in [-0.05, 0) is 42.0 Å².